The molecule has 1 aromatic rings. The third-order valence-corrected chi connectivity index (χ3v) is 5.17. The molecule has 0 N–H and O–H groups in total. The number of rotatable bonds is 0. The summed E-state index contributed by atoms with van der Waals surface area (Å²) in [5.74, 6) is 1.77. The van der Waals surface area contributed by atoms with E-state index >= 15 is 0 Å². The lowest BCUT2D eigenvalue weighted by molar-refractivity contribution is 0.0306. The molecule has 1 aliphatic carbocycles. The molecule has 1 aliphatic heterocycles. The first kappa shape index (κ1) is 10.2. The van der Waals surface area contributed by atoms with E-state index in [0.29, 0.717) is 5.92 Å². The number of benzene rings is 1. The van der Waals surface area contributed by atoms with Gasteiger partial charge in [-0.05, 0) is 44.2 Å². The Kier molecular flexibility index (Phi) is 1.80. The van der Waals surface area contributed by atoms with E-state index in [1.807, 2.05) is 0 Å². The maximum atomic E-state index is 6.31. The van der Waals surface area contributed by atoms with Gasteiger partial charge >= 0.3 is 0 Å². The lowest BCUT2D eigenvalue weighted by atomic mass is 9.71. The normalized spacial score (nSPS) is 40.4. The molecular formula is C15H20O. The summed E-state index contributed by atoms with van der Waals surface area (Å²) < 4.78 is 6.31. The van der Waals surface area contributed by atoms with E-state index in [0.717, 1.165) is 5.75 Å². The van der Waals surface area contributed by atoms with Gasteiger partial charge in [0.05, 0.1) is 0 Å². The lowest BCUT2D eigenvalue weighted by Crippen LogP contribution is -2.46. The fourth-order valence-corrected chi connectivity index (χ4v) is 3.59. The molecule has 0 radical (unpaired) electrons. The maximum absolute atomic E-state index is 6.31. The highest BCUT2D eigenvalue weighted by Gasteiger charge is 2.60. The molecule has 3 atom stereocenters. The van der Waals surface area contributed by atoms with Crippen LogP contribution in [0.3, 0.4) is 0 Å². The van der Waals surface area contributed by atoms with Crippen molar-refractivity contribution in [3.63, 3.8) is 0 Å². The van der Waals surface area contributed by atoms with Crippen molar-refractivity contribution in [1.29, 1.82) is 0 Å². The summed E-state index contributed by atoms with van der Waals surface area (Å²) in [5.41, 5.74) is 2.93. The van der Waals surface area contributed by atoms with Gasteiger partial charge in [-0.1, -0.05) is 26.0 Å². The smallest absolute Gasteiger partial charge is 0.124 e. The van der Waals surface area contributed by atoms with Crippen LogP contribution in [0.1, 0.15) is 44.7 Å². The van der Waals surface area contributed by atoms with Gasteiger partial charge in [-0.2, -0.15) is 0 Å². The van der Waals surface area contributed by atoms with Crippen molar-refractivity contribution in [2.24, 2.45) is 5.92 Å². The summed E-state index contributed by atoms with van der Waals surface area (Å²) in [6.45, 7) is 9.12. The van der Waals surface area contributed by atoms with Gasteiger partial charge < -0.3 is 4.74 Å². The van der Waals surface area contributed by atoms with Crippen LogP contribution in [0.4, 0.5) is 0 Å². The lowest BCUT2D eigenvalue weighted by Gasteiger charge is -2.36. The van der Waals surface area contributed by atoms with Crippen molar-refractivity contribution in [3.8, 4) is 5.75 Å². The number of hydrogen-bond donors (Lipinski definition) is 0. The number of ether oxygens (including phenoxy) is 1. The Morgan fingerprint density at radius 1 is 1.31 bits per heavy atom. The first-order valence-corrected chi connectivity index (χ1v) is 6.27. The van der Waals surface area contributed by atoms with Crippen LogP contribution < -0.4 is 4.74 Å². The molecule has 1 saturated carbocycles. The molecule has 1 fully saturated rings. The van der Waals surface area contributed by atoms with E-state index < -0.39 is 0 Å². The van der Waals surface area contributed by atoms with Crippen LogP contribution in [0, 0.1) is 12.8 Å². The monoisotopic (exact) mass is 216 g/mol. The average molecular weight is 216 g/mol. The van der Waals surface area contributed by atoms with E-state index in [1.54, 1.807) is 0 Å². The molecule has 0 unspecified atom stereocenters. The molecule has 16 heavy (non-hydrogen) atoms. The van der Waals surface area contributed by atoms with Gasteiger partial charge in [0.25, 0.3) is 0 Å². The number of fused-ring (bicyclic) bond motifs is 3. The zero-order chi connectivity index (χ0) is 11.6. The molecule has 1 aromatic carbocycles. The number of aryl methyl sites for hydroxylation is 1. The van der Waals surface area contributed by atoms with Crippen LogP contribution in [0.15, 0.2) is 18.2 Å². The van der Waals surface area contributed by atoms with E-state index in [-0.39, 0.29) is 11.0 Å². The molecule has 0 bridgehead atoms. The third kappa shape index (κ3) is 0.971. The van der Waals surface area contributed by atoms with E-state index in [2.05, 4.69) is 45.9 Å². The predicted octanol–water partition coefficient (Wildman–Crippen LogP) is 3.83. The highest BCUT2D eigenvalue weighted by atomic mass is 16.5. The van der Waals surface area contributed by atoms with Crippen LogP contribution in [0.25, 0.3) is 0 Å². The standard InChI is InChI=1S/C15H20O/c1-10-5-6-12-13(9-10)16-15(4)11(2)7-8-14(12,15)3/h5-6,9,11H,7-8H2,1-4H3/t11-,14-,15-/m0/s1. The molecule has 86 valence electrons. The first-order valence-electron chi connectivity index (χ1n) is 6.27. The van der Waals surface area contributed by atoms with Gasteiger partial charge in [0, 0.05) is 11.0 Å². The Morgan fingerprint density at radius 3 is 2.81 bits per heavy atom. The van der Waals surface area contributed by atoms with Gasteiger partial charge in [0.1, 0.15) is 11.4 Å². The SMILES string of the molecule is Cc1ccc2c(c1)O[C@@]1(C)[C@@H](C)CC[C@@]21C. The fourth-order valence-electron chi connectivity index (χ4n) is 3.59. The third-order valence-electron chi connectivity index (χ3n) is 5.17. The summed E-state index contributed by atoms with van der Waals surface area (Å²) in [7, 11) is 0. The Bertz CT molecular complexity index is 451. The maximum Gasteiger partial charge on any atom is 0.124 e. The Hall–Kier alpha value is -0.980. The predicted molar refractivity (Wildman–Crippen MR) is 66.0 cm³/mol. The molecular weight excluding hydrogens is 196 g/mol. The summed E-state index contributed by atoms with van der Waals surface area (Å²) in [6.07, 6.45) is 2.53. The van der Waals surface area contributed by atoms with Gasteiger partial charge in [-0.15, -0.1) is 0 Å². The molecule has 3 rings (SSSR count). The van der Waals surface area contributed by atoms with Crippen molar-refractivity contribution in [3.05, 3.63) is 29.3 Å². The second-order valence-corrected chi connectivity index (χ2v) is 5.98. The average Bonchev–Trinajstić information content (AvgIpc) is 2.57. The topological polar surface area (TPSA) is 9.23 Å². The number of hydrogen-bond acceptors (Lipinski definition) is 1. The van der Waals surface area contributed by atoms with Crippen LogP contribution >= 0.6 is 0 Å². The largest absolute Gasteiger partial charge is 0.486 e. The van der Waals surface area contributed by atoms with Gasteiger partial charge in [0.15, 0.2) is 0 Å². The van der Waals surface area contributed by atoms with E-state index in [4.69, 9.17) is 4.74 Å². The van der Waals surface area contributed by atoms with Crippen molar-refractivity contribution in [1.82, 2.24) is 0 Å². The zero-order valence-electron chi connectivity index (χ0n) is 10.6. The summed E-state index contributed by atoms with van der Waals surface area (Å²) in [6, 6.07) is 6.67. The highest BCUT2D eigenvalue weighted by Crippen LogP contribution is 2.60. The Morgan fingerprint density at radius 2 is 2.06 bits per heavy atom. The molecule has 1 heterocycles. The minimum absolute atomic E-state index is 0.00310. The fraction of sp³-hybridized carbons (Fsp3) is 0.600. The minimum Gasteiger partial charge on any atom is -0.486 e. The second-order valence-electron chi connectivity index (χ2n) is 5.98. The van der Waals surface area contributed by atoms with Gasteiger partial charge in [-0.25, -0.2) is 0 Å². The van der Waals surface area contributed by atoms with Crippen molar-refractivity contribution >= 4 is 0 Å². The van der Waals surface area contributed by atoms with E-state index in [1.165, 1.54) is 24.0 Å². The van der Waals surface area contributed by atoms with Crippen LogP contribution in [-0.4, -0.2) is 5.60 Å². The molecule has 0 aromatic heterocycles. The van der Waals surface area contributed by atoms with Gasteiger partial charge in [0.2, 0.25) is 0 Å². The molecule has 0 spiro atoms. The summed E-state index contributed by atoms with van der Waals surface area (Å²) >= 11 is 0. The minimum atomic E-state index is 0.00310. The summed E-state index contributed by atoms with van der Waals surface area (Å²) in [4.78, 5) is 0. The van der Waals surface area contributed by atoms with Crippen LogP contribution in [0.2, 0.25) is 0 Å². The molecule has 0 amide bonds. The van der Waals surface area contributed by atoms with Crippen molar-refractivity contribution in [2.45, 2.75) is 51.6 Å². The Balaban J connectivity index is 2.19. The second kappa shape index (κ2) is 2.82. The zero-order valence-corrected chi connectivity index (χ0v) is 10.6. The quantitative estimate of drug-likeness (QED) is 0.640. The van der Waals surface area contributed by atoms with Crippen LogP contribution in [-0.2, 0) is 5.41 Å². The molecule has 0 saturated heterocycles. The van der Waals surface area contributed by atoms with Crippen LogP contribution in [0.5, 0.6) is 5.75 Å². The van der Waals surface area contributed by atoms with Crippen molar-refractivity contribution < 1.29 is 4.74 Å². The summed E-state index contributed by atoms with van der Waals surface area (Å²) in [5, 5.41) is 0. The van der Waals surface area contributed by atoms with Crippen molar-refractivity contribution in [2.75, 3.05) is 0 Å². The van der Waals surface area contributed by atoms with E-state index in [9.17, 15) is 0 Å². The highest BCUT2D eigenvalue weighted by molar-refractivity contribution is 5.50. The molecule has 1 nitrogen and oxygen atoms in total. The first-order chi connectivity index (χ1) is 7.47. The van der Waals surface area contributed by atoms with Gasteiger partial charge in [-0.3, -0.25) is 0 Å². The molecule has 1 heteroatoms. The molecule has 2 aliphatic rings. The Labute approximate surface area is 97.8 Å².